The minimum absolute atomic E-state index is 0.282. The molecular weight excluding hydrogens is 506 g/mol. The number of para-hydroxylation sites is 2. The van der Waals surface area contributed by atoms with Gasteiger partial charge in [-0.05, 0) is 35.4 Å². The third-order valence-corrected chi connectivity index (χ3v) is 6.65. The Bertz CT molecular complexity index is 1630. The number of phenols is 1. The first-order valence-electron chi connectivity index (χ1n) is 12.3. The number of rotatable bonds is 5. The summed E-state index contributed by atoms with van der Waals surface area (Å²) in [5.41, 5.74) is 8.34. The maximum absolute atomic E-state index is 9.85. The van der Waals surface area contributed by atoms with E-state index in [1.807, 2.05) is 12.1 Å². The van der Waals surface area contributed by atoms with E-state index < -0.39 is 10.4 Å². The molecule has 6 rings (SSSR count). The Labute approximate surface area is 220 Å². The molecule has 0 amide bonds. The monoisotopic (exact) mass is 535 g/mol. The summed E-state index contributed by atoms with van der Waals surface area (Å²) in [6.45, 7) is 5.50. The predicted molar refractivity (Wildman–Crippen MR) is 147 cm³/mol. The number of morpholine rings is 1. The molecule has 0 bridgehead atoms. The topological polar surface area (TPSA) is 117 Å². The lowest BCUT2D eigenvalue weighted by Gasteiger charge is -2.26. The molecule has 1 fully saturated rings. The van der Waals surface area contributed by atoms with Crippen LogP contribution >= 0.6 is 0 Å². The normalized spacial score (nSPS) is 14.5. The van der Waals surface area contributed by atoms with Crippen LogP contribution in [0.15, 0.2) is 85.1 Å². The molecular formula is C28H29N3O6S. The molecule has 198 valence electrons. The maximum Gasteiger partial charge on any atom is 0.394 e. The summed E-state index contributed by atoms with van der Waals surface area (Å²) in [4.78, 5) is 2.49. The summed E-state index contributed by atoms with van der Waals surface area (Å²) in [6.07, 6.45) is 2.25. The average Bonchev–Trinajstić information content (AvgIpc) is 3.43. The van der Waals surface area contributed by atoms with Gasteiger partial charge in [0.25, 0.3) is 0 Å². The van der Waals surface area contributed by atoms with Gasteiger partial charge in [0.15, 0.2) is 0 Å². The summed E-state index contributed by atoms with van der Waals surface area (Å²) in [7, 11) is -4.67. The molecule has 5 aromatic rings. The molecule has 0 unspecified atom stereocenters. The molecule has 3 heterocycles. The van der Waals surface area contributed by atoms with Crippen LogP contribution in [0.3, 0.4) is 0 Å². The molecule has 0 aliphatic carbocycles. The van der Waals surface area contributed by atoms with E-state index in [1.165, 1.54) is 33.4 Å². The van der Waals surface area contributed by atoms with Crippen LogP contribution in [-0.4, -0.2) is 69.3 Å². The summed E-state index contributed by atoms with van der Waals surface area (Å²) in [5, 5.41) is 9.85. The smallest absolute Gasteiger partial charge is 0.394 e. The largest absolute Gasteiger partial charge is 0.508 e. The van der Waals surface area contributed by atoms with Gasteiger partial charge in [0.2, 0.25) is 0 Å². The van der Waals surface area contributed by atoms with Gasteiger partial charge in [-0.15, -0.1) is 0 Å². The van der Waals surface area contributed by atoms with Gasteiger partial charge in [0.05, 0.1) is 24.2 Å². The molecule has 1 aliphatic rings. The zero-order valence-corrected chi connectivity index (χ0v) is 21.5. The highest BCUT2D eigenvalue weighted by Gasteiger charge is 2.22. The van der Waals surface area contributed by atoms with Crippen LogP contribution in [0.4, 0.5) is 0 Å². The van der Waals surface area contributed by atoms with Crippen molar-refractivity contribution in [2.45, 2.75) is 6.54 Å². The van der Waals surface area contributed by atoms with Crippen LogP contribution < -0.4 is 0 Å². The fraction of sp³-hybridized carbons (Fsp3) is 0.214. The van der Waals surface area contributed by atoms with Crippen molar-refractivity contribution in [1.29, 1.82) is 0 Å². The number of hydrogen-bond donors (Lipinski definition) is 3. The van der Waals surface area contributed by atoms with Crippen LogP contribution in [0.25, 0.3) is 38.9 Å². The number of hydrogen-bond acceptors (Lipinski definition) is 5. The Hall–Kier alpha value is -3.67. The minimum atomic E-state index is -4.67. The van der Waals surface area contributed by atoms with Crippen LogP contribution in [0.2, 0.25) is 0 Å². The van der Waals surface area contributed by atoms with Crippen LogP contribution in [-0.2, 0) is 21.7 Å². The second-order valence-electron chi connectivity index (χ2n) is 9.07. The molecule has 0 atom stereocenters. The molecule has 38 heavy (non-hydrogen) atoms. The van der Waals surface area contributed by atoms with Crippen molar-refractivity contribution in [1.82, 2.24) is 13.9 Å². The molecule has 9 nitrogen and oxygen atoms in total. The zero-order valence-electron chi connectivity index (χ0n) is 20.6. The number of nitrogens with zero attached hydrogens (tertiary/aromatic N) is 3. The van der Waals surface area contributed by atoms with Gasteiger partial charge < -0.3 is 14.4 Å². The molecule has 10 heteroatoms. The van der Waals surface area contributed by atoms with Gasteiger partial charge >= 0.3 is 10.4 Å². The standard InChI is InChI=1S/C28H27N3O2.H2O4S/c32-23-12-10-21(11-13-23)24-20-31-26-9-5-4-8-25(26)30(15-14-29-16-18-33-19-17-29)28(31)27(24)22-6-2-1-3-7-22;1-5(2,3)4/h1-13,20,32H,14-19H2;(H2,1,2,3,4). The van der Waals surface area contributed by atoms with Gasteiger partial charge in [-0.1, -0.05) is 54.6 Å². The fourth-order valence-corrected chi connectivity index (χ4v) is 5.00. The fourth-order valence-electron chi connectivity index (χ4n) is 5.00. The van der Waals surface area contributed by atoms with Crippen LogP contribution in [0, 0.1) is 0 Å². The van der Waals surface area contributed by atoms with Crippen molar-refractivity contribution in [2.75, 3.05) is 32.8 Å². The van der Waals surface area contributed by atoms with Gasteiger partial charge in [-0.25, -0.2) is 0 Å². The molecule has 1 aliphatic heterocycles. The summed E-state index contributed by atoms with van der Waals surface area (Å²) in [6, 6.07) is 26.8. The predicted octanol–water partition coefficient (Wildman–Crippen LogP) is 4.61. The second-order valence-corrected chi connectivity index (χ2v) is 9.96. The summed E-state index contributed by atoms with van der Waals surface area (Å²) in [5.74, 6) is 0.282. The lowest BCUT2D eigenvalue weighted by molar-refractivity contribution is 0.0366. The summed E-state index contributed by atoms with van der Waals surface area (Å²) >= 11 is 0. The number of benzene rings is 3. The highest BCUT2D eigenvalue weighted by molar-refractivity contribution is 7.79. The molecule has 3 aromatic carbocycles. The first-order valence-corrected chi connectivity index (χ1v) is 13.7. The number of phenolic OH excluding ortho intramolecular Hbond substituents is 1. The van der Waals surface area contributed by atoms with Gasteiger partial charge in [-0.2, -0.15) is 8.42 Å². The van der Waals surface area contributed by atoms with Crippen molar-refractivity contribution in [2.24, 2.45) is 0 Å². The Morgan fingerprint density at radius 1 is 0.763 bits per heavy atom. The third-order valence-electron chi connectivity index (χ3n) is 6.65. The highest BCUT2D eigenvalue weighted by Crippen LogP contribution is 2.40. The van der Waals surface area contributed by atoms with Crippen molar-refractivity contribution in [3.8, 4) is 28.0 Å². The minimum Gasteiger partial charge on any atom is -0.508 e. The Kier molecular flexibility index (Phi) is 7.50. The SMILES string of the molecule is O=S(=O)(O)O.Oc1ccc(-c2cn3c4ccccc4n(CCN4CCOCC4)c3c2-c2ccccc2)cc1. The van der Waals surface area contributed by atoms with Gasteiger partial charge in [-0.3, -0.25) is 18.4 Å². The van der Waals surface area contributed by atoms with E-state index in [0.29, 0.717) is 0 Å². The number of aromatic hydroxyl groups is 1. The van der Waals surface area contributed by atoms with E-state index in [4.69, 9.17) is 22.3 Å². The average molecular weight is 536 g/mol. The lowest BCUT2D eigenvalue weighted by atomic mass is 9.98. The van der Waals surface area contributed by atoms with Gasteiger partial charge in [0.1, 0.15) is 11.4 Å². The number of imidazole rings is 1. The molecule has 1 saturated heterocycles. The third kappa shape index (κ3) is 5.74. The van der Waals surface area contributed by atoms with E-state index in [9.17, 15) is 5.11 Å². The molecule has 3 N–H and O–H groups in total. The zero-order chi connectivity index (χ0) is 26.7. The second kappa shape index (κ2) is 11.0. The maximum atomic E-state index is 9.85. The molecule has 0 spiro atoms. The number of ether oxygens (including phenoxy) is 1. The molecule has 0 saturated carbocycles. The van der Waals surface area contributed by atoms with Crippen molar-refractivity contribution in [3.05, 3.63) is 85.1 Å². The number of fused-ring (bicyclic) bond motifs is 3. The Morgan fingerprint density at radius 3 is 2.03 bits per heavy atom. The van der Waals surface area contributed by atoms with Crippen LogP contribution in [0.1, 0.15) is 0 Å². The highest BCUT2D eigenvalue weighted by atomic mass is 32.3. The van der Waals surface area contributed by atoms with Crippen molar-refractivity contribution in [3.63, 3.8) is 0 Å². The quantitative estimate of drug-likeness (QED) is 0.281. The van der Waals surface area contributed by atoms with Crippen LogP contribution in [0.5, 0.6) is 5.75 Å². The first kappa shape index (κ1) is 26.0. The van der Waals surface area contributed by atoms with Crippen molar-refractivity contribution < 1.29 is 27.4 Å². The van der Waals surface area contributed by atoms with E-state index in [2.05, 4.69) is 74.7 Å². The Balaban J connectivity index is 0.000000540. The molecule has 0 radical (unpaired) electrons. The van der Waals surface area contributed by atoms with Crippen molar-refractivity contribution >= 4 is 27.1 Å². The first-order chi connectivity index (χ1) is 18.3. The van der Waals surface area contributed by atoms with E-state index in [-0.39, 0.29) is 5.75 Å². The summed E-state index contributed by atoms with van der Waals surface area (Å²) < 4.78 is 41.9. The Morgan fingerprint density at radius 2 is 1.37 bits per heavy atom. The number of aromatic nitrogens is 2. The van der Waals surface area contributed by atoms with Gasteiger partial charge in [0, 0.05) is 43.5 Å². The molecule has 2 aromatic heterocycles. The lowest BCUT2D eigenvalue weighted by Crippen LogP contribution is -2.38. The van der Waals surface area contributed by atoms with E-state index >= 15 is 0 Å². The van der Waals surface area contributed by atoms with E-state index in [1.54, 1.807) is 12.1 Å². The van der Waals surface area contributed by atoms with E-state index in [0.717, 1.165) is 45.0 Å².